The van der Waals surface area contributed by atoms with Crippen LogP contribution in [0.1, 0.15) is 25.0 Å². The smallest absolute Gasteiger partial charge is 0.223 e. The number of nitrogens with two attached hydrogens (primary N) is 1. The number of piperidine rings is 1. The molecule has 5 nitrogen and oxygen atoms in total. The first kappa shape index (κ1) is 12.1. The molecular formula is C12H20N4O. The van der Waals surface area contributed by atoms with Crippen LogP contribution in [-0.2, 0) is 0 Å². The highest BCUT2D eigenvalue weighted by Gasteiger charge is 2.19. The second kappa shape index (κ2) is 5.31. The van der Waals surface area contributed by atoms with Crippen molar-refractivity contribution in [2.45, 2.75) is 32.2 Å². The highest BCUT2D eigenvalue weighted by Crippen LogP contribution is 2.17. The predicted molar refractivity (Wildman–Crippen MR) is 66.9 cm³/mol. The topological polar surface area (TPSA) is 64.3 Å². The second-order valence-electron chi connectivity index (χ2n) is 4.65. The molecule has 2 heterocycles. The Morgan fingerprint density at radius 2 is 2.29 bits per heavy atom. The maximum Gasteiger partial charge on any atom is 0.223 e. The van der Waals surface area contributed by atoms with Gasteiger partial charge in [-0.25, -0.2) is 4.98 Å². The third kappa shape index (κ3) is 3.30. The van der Waals surface area contributed by atoms with Gasteiger partial charge in [-0.3, -0.25) is 0 Å². The summed E-state index contributed by atoms with van der Waals surface area (Å²) < 4.78 is 5.70. The summed E-state index contributed by atoms with van der Waals surface area (Å²) in [7, 11) is 2.15. The van der Waals surface area contributed by atoms with Gasteiger partial charge in [-0.1, -0.05) is 6.42 Å². The molecule has 2 rings (SSSR count). The minimum atomic E-state index is 0.275. The number of aryl methyl sites for hydroxylation is 1. The Morgan fingerprint density at radius 1 is 1.47 bits per heavy atom. The summed E-state index contributed by atoms with van der Waals surface area (Å²) >= 11 is 0. The Labute approximate surface area is 102 Å². The maximum absolute atomic E-state index is 5.70. The molecule has 94 valence electrons. The minimum Gasteiger partial charge on any atom is -0.476 e. The van der Waals surface area contributed by atoms with Gasteiger partial charge in [0.1, 0.15) is 6.61 Å². The number of likely N-dealkylation sites (N-methyl/N-ethyl adjacent to an activating group) is 1. The Balaban J connectivity index is 1.92. The van der Waals surface area contributed by atoms with Crippen LogP contribution >= 0.6 is 0 Å². The molecule has 0 bridgehead atoms. The van der Waals surface area contributed by atoms with E-state index in [-0.39, 0.29) is 5.95 Å². The van der Waals surface area contributed by atoms with Gasteiger partial charge in [0, 0.05) is 17.8 Å². The first-order chi connectivity index (χ1) is 8.15. The van der Waals surface area contributed by atoms with Gasteiger partial charge in [-0.15, -0.1) is 0 Å². The molecular weight excluding hydrogens is 216 g/mol. The molecule has 17 heavy (non-hydrogen) atoms. The van der Waals surface area contributed by atoms with Crippen LogP contribution in [0.4, 0.5) is 5.95 Å². The molecule has 0 aromatic carbocycles. The van der Waals surface area contributed by atoms with Crippen molar-refractivity contribution in [3.05, 3.63) is 11.8 Å². The number of rotatable bonds is 3. The van der Waals surface area contributed by atoms with E-state index in [1.807, 2.05) is 13.0 Å². The van der Waals surface area contributed by atoms with Crippen molar-refractivity contribution in [2.24, 2.45) is 0 Å². The zero-order valence-electron chi connectivity index (χ0n) is 10.5. The monoisotopic (exact) mass is 236 g/mol. The summed E-state index contributed by atoms with van der Waals surface area (Å²) in [6, 6.07) is 2.30. The van der Waals surface area contributed by atoms with E-state index >= 15 is 0 Å². The van der Waals surface area contributed by atoms with Crippen LogP contribution in [-0.4, -0.2) is 41.1 Å². The van der Waals surface area contributed by atoms with Crippen LogP contribution in [0.2, 0.25) is 0 Å². The lowest BCUT2D eigenvalue weighted by atomic mass is 10.0. The van der Waals surface area contributed by atoms with Crippen molar-refractivity contribution >= 4 is 5.95 Å². The van der Waals surface area contributed by atoms with Gasteiger partial charge in [-0.2, -0.15) is 4.98 Å². The molecule has 0 radical (unpaired) electrons. The molecule has 1 aliphatic rings. The number of nitrogens with zero attached hydrogens (tertiary/aromatic N) is 3. The average Bonchev–Trinajstić information content (AvgIpc) is 2.27. The molecule has 5 heteroatoms. The van der Waals surface area contributed by atoms with E-state index < -0.39 is 0 Å². The third-order valence-corrected chi connectivity index (χ3v) is 3.19. The number of anilines is 1. The number of hydrogen-bond donors (Lipinski definition) is 1. The van der Waals surface area contributed by atoms with E-state index in [0.29, 0.717) is 18.5 Å². The zero-order chi connectivity index (χ0) is 12.3. The fourth-order valence-corrected chi connectivity index (χ4v) is 2.17. The van der Waals surface area contributed by atoms with Gasteiger partial charge < -0.3 is 15.4 Å². The van der Waals surface area contributed by atoms with Gasteiger partial charge in [0.15, 0.2) is 0 Å². The quantitative estimate of drug-likeness (QED) is 0.855. The Morgan fingerprint density at radius 3 is 3.00 bits per heavy atom. The van der Waals surface area contributed by atoms with Crippen molar-refractivity contribution < 1.29 is 4.74 Å². The maximum atomic E-state index is 5.70. The lowest BCUT2D eigenvalue weighted by Gasteiger charge is -2.31. The zero-order valence-corrected chi connectivity index (χ0v) is 10.5. The molecule has 0 amide bonds. The summed E-state index contributed by atoms with van der Waals surface area (Å²) in [6.45, 7) is 3.71. The lowest BCUT2D eigenvalue weighted by Crippen LogP contribution is -2.40. The normalized spacial score (nSPS) is 21.4. The minimum absolute atomic E-state index is 0.275. The van der Waals surface area contributed by atoms with E-state index in [4.69, 9.17) is 10.5 Å². The molecule has 0 saturated carbocycles. The molecule has 0 aliphatic carbocycles. The van der Waals surface area contributed by atoms with Gasteiger partial charge >= 0.3 is 0 Å². The van der Waals surface area contributed by atoms with Crippen molar-refractivity contribution in [3.8, 4) is 5.88 Å². The highest BCUT2D eigenvalue weighted by molar-refractivity contribution is 5.25. The van der Waals surface area contributed by atoms with E-state index in [9.17, 15) is 0 Å². The van der Waals surface area contributed by atoms with Crippen LogP contribution in [0.5, 0.6) is 5.88 Å². The predicted octanol–water partition coefficient (Wildman–Crippen LogP) is 1.23. The van der Waals surface area contributed by atoms with Gasteiger partial charge in [0.25, 0.3) is 0 Å². The second-order valence-corrected chi connectivity index (χ2v) is 4.65. The van der Waals surface area contributed by atoms with Crippen LogP contribution in [0.3, 0.4) is 0 Å². The molecule has 1 aliphatic heterocycles. The summed E-state index contributed by atoms with van der Waals surface area (Å²) in [5.41, 5.74) is 6.42. The summed E-state index contributed by atoms with van der Waals surface area (Å²) in [5.74, 6) is 0.853. The summed E-state index contributed by atoms with van der Waals surface area (Å²) in [6.07, 6.45) is 3.76. The molecule has 2 N–H and O–H groups in total. The van der Waals surface area contributed by atoms with Crippen molar-refractivity contribution in [3.63, 3.8) is 0 Å². The van der Waals surface area contributed by atoms with Gasteiger partial charge in [0.2, 0.25) is 11.8 Å². The number of aromatic nitrogens is 2. The van der Waals surface area contributed by atoms with Crippen LogP contribution in [0, 0.1) is 6.92 Å². The number of hydrogen-bond acceptors (Lipinski definition) is 5. The standard InChI is InChI=1S/C12H20N4O/c1-9-7-11(15-12(13)14-9)17-8-10-5-3-4-6-16(10)2/h7,10H,3-6,8H2,1-2H3,(H2,13,14,15). The molecule has 1 aromatic heterocycles. The first-order valence-electron chi connectivity index (χ1n) is 6.09. The fraction of sp³-hybridized carbons (Fsp3) is 0.667. The molecule has 1 aromatic rings. The van der Waals surface area contributed by atoms with Crippen LogP contribution in [0.15, 0.2) is 6.07 Å². The molecule has 1 unspecified atom stereocenters. The fourth-order valence-electron chi connectivity index (χ4n) is 2.17. The number of nitrogen functional groups attached to an aromatic ring is 1. The Bertz CT molecular complexity index is 363. The average molecular weight is 236 g/mol. The van der Waals surface area contributed by atoms with Gasteiger partial charge in [0.05, 0.1) is 0 Å². The van der Waals surface area contributed by atoms with E-state index in [0.717, 1.165) is 12.2 Å². The third-order valence-electron chi connectivity index (χ3n) is 3.19. The van der Waals surface area contributed by atoms with Crippen LogP contribution < -0.4 is 10.5 Å². The van der Waals surface area contributed by atoms with Crippen LogP contribution in [0.25, 0.3) is 0 Å². The lowest BCUT2D eigenvalue weighted by molar-refractivity contribution is 0.122. The Hall–Kier alpha value is -1.36. The largest absolute Gasteiger partial charge is 0.476 e. The highest BCUT2D eigenvalue weighted by atomic mass is 16.5. The number of ether oxygens (including phenoxy) is 1. The number of likely N-dealkylation sites (tertiary alicyclic amines) is 1. The van der Waals surface area contributed by atoms with E-state index in [2.05, 4.69) is 21.9 Å². The molecule has 1 atom stereocenters. The summed E-state index contributed by atoms with van der Waals surface area (Å²) in [4.78, 5) is 10.4. The van der Waals surface area contributed by atoms with Crippen molar-refractivity contribution in [1.82, 2.24) is 14.9 Å². The van der Waals surface area contributed by atoms with E-state index in [1.54, 1.807) is 0 Å². The van der Waals surface area contributed by atoms with Crippen molar-refractivity contribution in [2.75, 3.05) is 25.9 Å². The van der Waals surface area contributed by atoms with Gasteiger partial charge in [-0.05, 0) is 33.4 Å². The molecule has 0 spiro atoms. The summed E-state index contributed by atoms with van der Waals surface area (Å²) in [5, 5.41) is 0. The SMILES string of the molecule is Cc1cc(OCC2CCCCN2C)nc(N)n1. The Kier molecular flexibility index (Phi) is 3.78. The van der Waals surface area contributed by atoms with E-state index in [1.165, 1.54) is 19.3 Å². The molecule has 1 fully saturated rings. The first-order valence-corrected chi connectivity index (χ1v) is 6.09. The van der Waals surface area contributed by atoms with Crippen molar-refractivity contribution in [1.29, 1.82) is 0 Å². The molecule has 1 saturated heterocycles.